The third-order valence-electron chi connectivity index (χ3n) is 4.16. The zero-order valence-electron chi connectivity index (χ0n) is 12.6. The summed E-state index contributed by atoms with van der Waals surface area (Å²) >= 11 is 0. The molecule has 2 rings (SSSR count). The number of rotatable bonds is 6. The summed E-state index contributed by atoms with van der Waals surface area (Å²) in [6, 6.07) is 13.7. The van der Waals surface area contributed by atoms with Crippen molar-refractivity contribution in [2.75, 3.05) is 13.2 Å². The molecule has 0 saturated heterocycles. The van der Waals surface area contributed by atoms with E-state index in [0.717, 1.165) is 11.1 Å². The Morgan fingerprint density at radius 1 is 0.727 bits per heavy atom. The maximum Gasteiger partial charge on any atom is 0.115 e. The molecule has 0 aliphatic heterocycles. The van der Waals surface area contributed by atoms with E-state index >= 15 is 0 Å². The predicted molar refractivity (Wildman–Crippen MR) is 84.9 cm³/mol. The van der Waals surface area contributed by atoms with E-state index in [2.05, 4.69) is 0 Å². The van der Waals surface area contributed by atoms with Crippen molar-refractivity contribution in [3.05, 3.63) is 59.7 Å². The quantitative estimate of drug-likeness (QED) is 0.661. The number of phenolic OH excluding ortho intramolecular Hbond substituents is 2. The fraction of sp³-hybridized carbons (Fsp3) is 0.333. The SMILES string of the molecule is C[C@@H](CO)[C@@H](CO)C(c1ccc(O)cc1)c1ccc(O)cc1. The largest absolute Gasteiger partial charge is 0.508 e. The van der Waals surface area contributed by atoms with Crippen LogP contribution in [0.1, 0.15) is 24.0 Å². The molecule has 0 heterocycles. The van der Waals surface area contributed by atoms with Gasteiger partial charge >= 0.3 is 0 Å². The number of benzene rings is 2. The van der Waals surface area contributed by atoms with Gasteiger partial charge in [0.25, 0.3) is 0 Å². The lowest BCUT2D eigenvalue weighted by molar-refractivity contribution is 0.119. The Morgan fingerprint density at radius 3 is 1.45 bits per heavy atom. The van der Waals surface area contributed by atoms with Crippen LogP contribution in [0.4, 0.5) is 0 Å². The van der Waals surface area contributed by atoms with Crippen LogP contribution in [0.3, 0.4) is 0 Å². The first kappa shape index (κ1) is 16.3. The number of aliphatic hydroxyl groups is 2. The molecular formula is C18H22O4. The third kappa shape index (κ3) is 3.59. The molecule has 0 fully saturated rings. The molecule has 118 valence electrons. The summed E-state index contributed by atoms with van der Waals surface area (Å²) in [5, 5.41) is 38.2. The molecule has 22 heavy (non-hydrogen) atoms. The number of aromatic hydroxyl groups is 2. The summed E-state index contributed by atoms with van der Waals surface area (Å²) in [5.41, 5.74) is 1.89. The van der Waals surface area contributed by atoms with Crippen LogP contribution in [0, 0.1) is 11.8 Å². The van der Waals surface area contributed by atoms with E-state index < -0.39 is 0 Å². The third-order valence-corrected chi connectivity index (χ3v) is 4.16. The molecule has 0 bridgehead atoms. The second-order valence-corrected chi connectivity index (χ2v) is 5.67. The Bertz CT molecular complexity index is 532. The maximum atomic E-state index is 9.82. The van der Waals surface area contributed by atoms with Crippen molar-refractivity contribution >= 4 is 0 Å². The minimum atomic E-state index is -0.168. The molecule has 0 radical (unpaired) electrons. The summed E-state index contributed by atoms with van der Waals surface area (Å²) in [5.74, 6) is -0.0158. The molecule has 0 amide bonds. The van der Waals surface area contributed by atoms with Crippen LogP contribution < -0.4 is 0 Å². The Balaban J connectivity index is 2.47. The lowest BCUT2D eigenvalue weighted by Crippen LogP contribution is -2.27. The maximum absolute atomic E-state index is 9.82. The van der Waals surface area contributed by atoms with Gasteiger partial charge in [-0.05, 0) is 47.2 Å². The predicted octanol–water partition coefficient (Wildman–Crippen LogP) is 2.47. The molecule has 4 nitrogen and oxygen atoms in total. The first-order valence-electron chi connectivity index (χ1n) is 7.36. The second kappa shape index (κ2) is 7.29. The molecule has 4 N–H and O–H groups in total. The number of hydrogen-bond donors (Lipinski definition) is 4. The van der Waals surface area contributed by atoms with Crippen LogP contribution >= 0.6 is 0 Å². The molecule has 4 heteroatoms. The minimum absolute atomic E-state index is 0.0160. The van der Waals surface area contributed by atoms with Gasteiger partial charge in [-0.2, -0.15) is 0 Å². The lowest BCUT2D eigenvalue weighted by Gasteiger charge is -2.30. The highest BCUT2D eigenvalue weighted by Crippen LogP contribution is 2.37. The van der Waals surface area contributed by atoms with Gasteiger partial charge < -0.3 is 20.4 Å². The van der Waals surface area contributed by atoms with Gasteiger partial charge in [0, 0.05) is 19.1 Å². The highest BCUT2D eigenvalue weighted by molar-refractivity contribution is 5.38. The van der Waals surface area contributed by atoms with E-state index in [4.69, 9.17) is 0 Å². The first-order valence-corrected chi connectivity index (χ1v) is 7.36. The molecule has 0 aliphatic rings. The zero-order valence-corrected chi connectivity index (χ0v) is 12.6. The topological polar surface area (TPSA) is 80.9 Å². The summed E-state index contributed by atoms with van der Waals surface area (Å²) in [6.45, 7) is 1.82. The zero-order chi connectivity index (χ0) is 16.1. The minimum Gasteiger partial charge on any atom is -0.508 e. The number of phenols is 2. The van der Waals surface area contributed by atoms with Crippen LogP contribution in [-0.2, 0) is 0 Å². The molecule has 0 saturated carbocycles. The van der Waals surface area contributed by atoms with Crippen LogP contribution in [0.5, 0.6) is 11.5 Å². The molecule has 2 atom stereocenters. The smallest absolute Gasteiger partial charge is 0.115 e. The van der Waals surface area contributed by atoms with E-state index in [1.54, 1.807) is 24.3 Å². The average Bonchev–Trinajstić information content (AvgIpc) is 2.54. The van der Waals surface area contributed by atoms with Crippen LogP contribution in [0.15, 0.2) is 48.5 Å². The fourth-order valence-electron chi connectivity index (χ4n) is 2.80. The van der Waals surface area contributed by atoms with Crippen LogP contribution in [0.25, 0.3) is 0 Å². The molecule has 0 aliphatic carbocycles. The highest BCUT2D eigenvalue weighted by Gasteiger charge is 2.28. The Kier molecular flexibility index (Phi) is 5.41. The van der Waals surface area contributed by atoms with E-state index in [1.165, 1.54) is 0 Å². The summed E-state index contributed by atoms with van der Waals surface area (Å²) in [6.07, 6.45) is 0. The molecule has 0 spiro atoms. The van der Waals surface area contributed by atoms with E-state index in [1.807, 2.05) is 31.2 Å². The van der Waals surface area contributed by atoms with Crippen molar-refractivity contribution in [3.63, 3.8) is 0 Å². The number of hydrogen-bond acceptors (Lipinski definition) is 4. The summed E-state index contributed by atoms with van der Waals surface area (Å²) < 4.78 is 0. The van der Waals surface area contributed by atoms with Crippen molar-refractivity contribution in [2.45, 2.75) is 12.8 Å². The Morgan fingerprint density at radius 2 is 1.14 bits per heavy atom. The van der Waals surface area contributed by atoms with Crippen molar-refractivity contribution < 1.29 is 20.4 Å². The Hall–Kier alpha value is -2.04. The van der Waals surface area contributed by atoms with Gasteiger partial charge in [0.2, 0.25) is 0 Å². The van der Waals surface area contributed by atoms with E-state index in [0.29, 0.717) is 0 Å². The van der Waals surface area contributed by atoms with Crippen molar-refractivity contribution in [3.8, 4) is 11.5 Å². The first-order chi connectivity index (χ1) is 10.6. The molecule has 0 unspecified atom stereocenters. The van der Waals surface area contributed by atoms with Gasteiger partial charge in [-0.15, -0.1) is 0 Å². The highest BCUT2D eigenvalue weighted by atomic mass is 16.3. The Labute approximate surface area is 130 Å². The molecule has 0 aromatic heterocycles. The van der Waals surface area contributed by atoms with E-state index in [9.17, 15) is 20.4 Å². The van der Waals surface area contributed by atoms with Gasteiger partial charge in [-0.25, -0.2) is 0 Å². The van der Waals surface area contributed by atoms with Gasteiger partial charge in [0.05, 0.1) is 0 Å². The summed E-state index contributed by atoms with van der Waals surface area (Å²) in [4.78, 5) is 0. The normalized spacial score (nSPS) is 14.0. The van der Waals surface area contributed by atoms with Gasteiger partial charge in [-0.3, -0.25) is 0 Å². The lowest BCUT2D eigenvalue weighted by atomic mass is 9.75. The van der Waals surface area contributed by atoms with Crippen molar-refractivity contribution in [1.29, 1.82) is 0 Å². The van der Waals surface area contributed by atoms with Gasteiger partial charge in [0.1, 0.15) is 11.5 Å². The van der Waals surface area contributed by atoms with Gasteiger partial charge in [0.15, 0.2) is 0 Å². The fourth-order valence-corrected chi connectivity index (χ4v) is 2.80. The van der Waals surface area contributed by atoms with Crippen LogP contribution in [0.2, 0.25) is 0 Å². The molecular weight excluding hydrogens is 280 g/mol. The molecule has 2 aromatic carbocycles. The van der Waals surface area contributed by atoms with Crippen molar-refractivity contribution in [2.24, 2.45) is 11.8 Å². The number of aliphatic hydroxyl groups excluding tert-OH is 2. The average molecular weight is 302 g/mol. The van der Waals surface area contributed by atoms with E-state index in [-0.39, 0.29) is 42.5 Å². The molecule has 2 aromatic rings. The summed E-state index contributed by atoms with van der Waals surface area (Å²) in [7, 11) is 0. The second-order valence-electron chi connectivity index (χ2n) is 5.67. The monoisotopic (exact) mass is 302 g/mol. The van der Waals surface area contributed by atoms with Gasteiger partial charge in [-0.1, -0.05) is 31.2 Å². The standard InChI is InChI=1S/C18H22O4/c1-12(10-19)17(11-20)18(13-2-6-15(21)7-3-13)14-4-8-16(22)9-5-14/h2-9,12,17-22H,10-11H2,1H3/t12-,17+/m0/s1. The van der Waals surface area contributed by atoms with Crippen molar-refractivity contribution in [1.82, 2.24) is 0 Å². The van der Waals surface area contributed by atoms with Crippen LogP contribution in [-0.4, -0.2) is 33.6 Å².